The molecule has 1 aromatic heterocycles. The largest absolute Gasteiger partial charge is 0.481 e. The summed E-state index contributed by atoms with van der Waals surface area (Å²) in [5.41, 5.74) is 0.264. The Morgan fingerprint density at radius 1 is 1.61 bits per heavy atom. The minimum absolute atomic E-state index is 0.264. The van der Waals surface area contributed by atoms with Gasteiger partial charge in [-0.05, 0) is 19.3 Å². The summed E-state index contributed by atoms with van der Waals surface area (Å²) in [6.45, 7) is 1.92. The molecule has 1 fully saturated rings. The van der Waals surface area contributed by atoms with Gasteiger partial charge in [-0.1, -0.05) is 12.1 Å². The summed E-state index contributed by atoms with van der Waals surface area (Å²) < 4.78 is 5.07. The van der Waals surface area contributed by atoms with Gasteiger partial charge >= 0.3 is 5.97 Å². The van der Waals surface area contributed by atoms with Gasteiger partial charge in [0.2, 0.25) is 0 Å². The average Bonchev–Trinajstić information content (AvgIpc) is 3.06. The Bertz CT molecular complexity index is 451. The number of aliphatic carboxylic acids is 1. The zero-order valence-corrected chi connectivity index (χ0v) is 10.2. The van der Waals surface area contributed by atoms with Crippen molar-refractivity contribution in [3.63, 3.8) is 0 Å². The average molecular weight is 252 g/mol. The fourth-order valence-corrected chi connectivity index (χ4v) is 1.57. The number of rotatable bonds is 6. The lowest BCUT2D eigenvalue weighted by atomic mass is 10.1. The molecule has 0 radical (unpaired) electrons. The minimum Gasteiger partial charge on any atom is -0.481 e. The van der Waals surface area contributed by atoms with Crippen LogP contribution in [0.15, 0.2) is 10.6 Å². The molecule has 0 spiro atoms. The van der Waals surface area contributed by atoms with Crippen LogP contribution in [0.3, 0.4) is 0 Å². The van der Waals surface area contributed by atoms with Crippen LogP contribution in [0.4, 0.5) is 0 Å². The zero-order valence-electron chi connectivity index (χ0n) is 10.2. The Hall–Kier alpha value is -1.85. The highest BCUT2D eigenvalue weighted by molar-refractivity contribution is 5.92. The molecule has 0 saturated heterocycles. The second kappa shape index (κ2) is 5.20. The summed E-state index contributed by atoms with van der Waals surface area (Å²) in [6, 6.07) is 1.66. The van der Waals surface area contributed by atoms with E-state index in [-0.39, 0.29) is 11.6 Å². The predicted molar refractivity (Wildman–Crippen MR) is 62.2 cm³/mol. The van der Waals surface area contributed by atoms with E-state index >= 15 is 0 Å². The van der Waals surface area contributed by atoms with E-state index < -0.39 is 11.9 Å². The molecule has 2 rings (SSSR count). The Labute approximate surface area is 104 Å². The van der Waals surface area contributed by atoms with E-state index in [1.165, 1.54) is 0 Å². The van der Waals surface area contributed by atoms with Crippen molar-refractivity contribution in [1.82, 2.24) is 10.5 Å². The molecule has 0 aromatic carbocycles. The van der Waals surface area contributed by atoms with E-state index in [9.17, 15) is 9.59 Å². The molecular weight excluding hydrogens is 236 g/mol. The van der Waals surface area contributed by atoms with Gasteiger partial charge in [-0.25, -0.2) is 0 Å². The van der Waals surface area contributed by atoms with Gasteiger partial charge in [0.1, 0.15) is 5.76 Å². The molecule has 6 nitrogen and oxygen atoms in total. The number of carbonyl (C=O) groups is 2. The molecule has 1 unspecified atom stereocenters. The van der Waals surface area contributed by atoms with Crippen LogP contribution < -0.4 is 5.32 Å². The standard InChI is InChI=1S/C12H16N2O4/c1-7(12(16)17)4-5-13-11(15)9-6-10(18-14-9)8-2-3-8/h6-8H,2-5H2,1H3,(H,13,15)(H,16,17). The highest BCUT2D eigenvalue weighted by atomic mass is 16.5. The molecule has 98 valence electrons. The van der Waals surface area contributed by atoms with Crippen LogP contribution >= 0.6 is 0 Å². The number of carboxylic acid groups (broad SMARTS) is 1. The van der Waals surface area contributed by atoms with Crippen LogP contribution in [0.1, 0.15) is 48.4 Å². The maximum Gasteiger partial charge on any atom is 0.306 e. The number of hydrogen-bond acceptors (Lipinski definition) is 4. The second-order valence-electron chi connectivity index (χ2n) is 4.67. The number of aromatic nitrogens is 1. The van der Waals surface area contributed by atoms with Crippen LogP contribution in [0.2, 0.25) is 0 Å². The van der Waals surface area contributed by atoms with Crippen molar-refractivity contribution in [2.24, 2.45) is 5.92 Å². The smallest absolute Gasteiger partial charge is 0.306 e. The number of hydrogen-bond donors (Lipinski definition) is 2. The zero-order chi connectivity index (χ0) is 13.1. The fraction of sp³-hybridized carbons (Fsp3) is 0.583. The van der Waals surface area contributed by atoms with Gasteiger partial charge in [-0.15, -0.1) is 0 Å². The van der Waals surface area contributed by atoms with Crippen molar-refractivity contribution in [2.75, 3.05) is 6.54 Å². The van der Waals surface area contributed by atoms with Crippen LogP contribution in [-0.2, 0) is 4.79 Å². The first-order valence-electron chi connectivity index (χ1n) is 6.05. The molecule has 0 bridgehead atoms. The normalized spacial score (nSPS) is 16.3. The lowest BCUT2D eigenvalue weighted by molar-refractivity contribution is -0.141. The van der Waals surface area contributed by atoms with Gasteiger partial charge in [0.15, 0.2) is 5.69 Å². The van der Waals surface area contributed by atoms with Crippen LogP contribution in [0.25, 0.3) is 0 Å². The van der Waals surface area contributed by atoms with E-state index in [4.69, 9.17) is 9.63 Å². The Morgan fingerprint density at radius 2 is 2.33 bits per heavy atom. The molecule has 6 heteroatoms. The van der Waals surface area contributed by atoms with E-state index in [1.807, 2.05) is 0 Å². The van der Waals surface area contributed by atoms with Crippen molar-refractivity contribution < 1.29 is 19.2 Å². The van der Waals surface area contributed by atoms with Crippen LogP contribution in [-0.4, -0.2) is 28.7 Å². The van der Waals surface area contributed by atoms with E-state index in [2.05, 4.69) is 10.5 Å². The third-order valence-corrected chi connectivity index (χ3v) is 3.03. The van der Waals surface area contributed by atoms with Crippen molar-refractivity contribution in [1.29, 1.82) is 0 Å². The van der Waals surface area contributed by atoms with Gasteiger partial charge in [-0.2, -0.15) is 0 Å². The summed E-state index contributed by atoms with van der Waals surface area (Å²) in [5.74, 6) is -0.459. The van der Waals surface area contributed by atoms with Crippen molar-refractivity contribution in [3.8, 4) is 0 Å². The first-order valence-corrected chi connectivity index (χ1v) is 6.05. The van der Waals surface area contributed by atoms with Gasteiger partial charge < -0.3 is 14.9 Å². The summed E-state index contributed by atoms with van der Waals surface area (Å²) >= 11 is 0. The Balaban J connectivity index is 1.78. The first-order chi connectivity index (χ1) is 8.58. The second-order valence-corrected chi connectivity index (χ2v) is 4.67. The SMILES string of the molecule is CC(CCNC(=O)c1cc(C2CC2)on1)C(=O)O. The van der Waals surface area contributed by atoms with Gasteiger partial charge in [0.05, 0.1) is 5.92 Å². The predicted octanol–water partition coefficient (Wildman–Crippen LogP) is 1.39. The van der Waals surface area contributed by atoms with E-state index in [0.29, 0.717) is 18.9 Å². The van der Waals surface area contributed by atoms with Crippen molar-refractivity contribution in [2.45, 2.75) is 32.1 Å². The number of carboxylic acids is 1. The third kappa shape index (κ3) is 3.09. The molecule has 1 heterocycles. The first kappa shape index (κ1) is 12.6. The molecule has 1 aromatic rings. The lowest BCUT2D eigenvalue weighted by Gasteiger charge is -2.06. The molecule has 1 aliphatic rings. The molecule has 1 aliphatic carbocycles. The van der Waals surface area contributed by atoms with E-state index in [0.717, 1.165) is 18.6 Å². The number of nitrogens with one attached hydrogen (secondary N) is 1. The van der Waals surface area contributed by atoms with E-state index in [1.54, 1.807) is 13.0 Å². The molecule has 1 saturated carbocycles. The molecule has 1 amide bonds. The fourth-order valence-electron chi connectivity index (χ4n) is 1.57. The molecule has 2 N–H and O–H groups in total. The summed E-state index contributed by atoms with van der Waals surface area (Å²) in [5, 5.41) is 15.0. The maximum absolute atomic E-state index is 11.7. The minimum atomic E-state index is -0.860. The summed E-state index contributed by atoms with van der Waals surface area (Å²) in [7, 11) is 0. The van der Waals surface area contributed by atoms with Crippen molar-refractivity contribution >= 4 is 11.9 Å². The Morgan fingerprint density at radius 3 is 2.94 bits per heavy atom. The topological polar surface area (TPSA) is 92.4 Å². The monoisotopic (exact) mass is 252 g/mol. The van der Waals surface area contributed by atoms with Crippen LogP contribution in [0, 0.1) is 5.92 Å². The highest BCUT2D eigenvalue weighted by Crippen LogP contribution is 2.40. The molecule has 18 heavy (non-hydrogen) atoms. The lowest BCUT2D eigenvalue weighted by Crippen LogP contribution is -2.27. The van der Waals surface area contributed by atoms with Gasteiger partial charge in [0, 0.05) is 18.5 Å². The molecular formula is C12H16N2O4. The number of nitrogens with zero attached hydrogens (tertiary/aromatic N) is 1. The van der Waals surface area contributed by atoms with Gasteiger partial charge in [-0.3, -0.25) is 9.59 Å². The maximum atomic E-state index is 11.7. The van der Waals surface area contributed by atoms with Crippen LogP contribution in [0.5, 0.6) is 0 Å². The number of amides is 1. The quantitative estimate of drug-likeness (QED) is 0.798. The molecule has 0 aliphatic heterocycles. The highest BCUT2D eigenvalue weighted by Gasteiger charge is 2.28. The third-order valence-electron chi connectivity index (χ3n) is 3.03. The van der Waals surface area contributed by atoms with Gasteiger partial charge in [0.25, 0.3) is 5.91 Å². The summed E-state index contributed by atoms with van der Waals surface area (Å²) in [6.07, 6.45) is 2.58. The summed E-state index contributed by atoms with van der Waals surface area (Å²) in [4.78, 5) is 22.3. The number of carbonyl (C=O) groups excluding carboxylic acids is 1. The van der Waals surface area contributed by atoms with Crippen molar-refractivity contribution in [3.05, 3.63) is 17.5 Å². The Kier molecular flexibility index (Phi) is 3.64. The molecule has 1 atom stereocenters.